The van der Waals surface area contributed by atoms with Gasteiger partial charge in [0.2, 0.25) is 0 Å². The first kappa shape index (κ1) is 27.9. The lowest BCUT2D eigenvalue weighted by molar-refractivity contribution is 0.0696. The zero-order chi connectivity index (χ0) is 26.3. The smallest absolute Gasteiger partial charge is 0.335 e. The van der Waals surface area contributed by atoms with Gasteiger partial charge in [0, 0.05) is 24.0 Å². The first-order chi connectivity index (χ1) is 18.0. The van der Waals surface area contributed by atoms with Crippen molar-refractivity contribution in [2.24, 2.45) is 0 Å². The van der Waals surface area contributed by atoms with Crippen molar-refractivity contribution in [1.82, 2.24) is 0 Å². The number of nitrogens with two attached hydrogens (primary N) is 1. The summed E-state index contributed by atoms with van der Waals surface area (Å²) in [6.07, 6.45) is 13.3. The Hall–Kier alpha value is -3.67. The minimum absolute atomic E-state index is 0.0812. The predicted octanol–water partition coefficient (Wildman–Crippen LogP) is 8.88. The molecule has 0 atom stereocenters. The number of unbranched alkanes of at least 4 members (excludes halogenated alkanes) is 9. The fourth-order valence-corrected chi connectivity index (χ4v) is 4.11. The molecule has 0 saturated carbocycles. The van der Waals surface area contributed by atoms with Crippen molar-refractivity contribution in [3.63, 3.8) is 0 Å². The van der Waals surface area contributed by atoms with Crippen molar-refractivity contribution in [2.45, 2.75) is 71.1 Å². The lowest BCUT2D eigenvalue weighted by atomic mass is 10.1. The number of nitrogens with one attached hydrogen (secondary N) is 1. The van der Waals surface area contributed by atoms with Crippen LogP contribution in [-0.4, -0.2) is 17.6 Å². The van der Waals surface area contributed by atoms with Crippen LogP contribution in [0.25, 0.3) is 0 Å². The van der Waals surface area contributed by atoms with Crippen LogP contribution in [0.1, 0.15) is 81.5 Å². The van der Waals surface area contributed by atoms with Crippen LogP contribution in [0.5, 0.6) is 23.0 Å². The third kappa shape index (κ3) is 10.5. The number of carboxylic acid groups (broad SMARTS) is 1. The highest BCUT2D eigenvalue weighted by Crippen LogP contribution is 2.31. The van der Waals surface area contributed by atoms with E-state index in [1.807, 2.05) is 24.3 Å². The lowest BCUT2D eigenvalue weighted by Gasteiger charge is -2.12. The highest BCUT2D eigenvalue weighted by Gasteiger charge is 2.11. The van der Waals surface area contributed by atoms with Gasteiger partial charge in [0.25, 0.3) is 0 Å². The molecule has 0 fully saturated rings. The van der Waals surface area contributed by atoms with Crippen molar-refractivity contribution in [1.29, 1.82) is 0 Å². The molecule has 6 nitrogen and oxygen atoms in total. The molecule has 0 aliphatic heterocycles. The van der Waals surface area contributed by atoms with Crippen LogP contribution in [0, 0.1) is 0 Å². The summed E-state index contributed by atoms with van der Waals surface area (Å²) >= 11 is 0. The summed E-state index contributed by atoms with van der Waals surface area (Å²) in [5, 5.41) is 13.0. The maximum absolute atomic E-state index is 11.6. The molecule has 198 valence electrons. The molecule has 0 unspecified atom stereocenters. The Morgan fingerprint density at radius 3 is 1.70 bits per heavy atom. The Bertz CT molecular complexity index is 1080. The number of ether oxygens (including phenoxy) is 2. The van der Waals surface area contributed by atoms with Gasteiger partial charge in [0.15, 0.2) is 0 Å². The predicted molar refractivity (Wildman–Crippen MR) is 151 cm³/mol. The van der Waals surface area contributed by atoms with Crippen LogP contribution in [0.3, 0.4) is 0 Å². The van der Waals surface area contributed by atoms with E-state index in [2.05, 4.69) is 12.2 Å². The molecule has 0 bridgehead atoms. The Labute approximate surface area is 220 Å². The minimum Gasteiger partial charge on any atom is -0.478 e. The molecule has 0 saturated heterocycles. The number of carbonyl (C=O) groups is 1. The highest BCUT2D eigenvalue weighted by molar-refractivity contribution is 5.88. The van der Waals surface area contributed by atoms with Crippen LogP contribution < -0.4 is 20.5 Å². The van der Waals surface area contributed by atoms with E-state index in [0.717, 1.165) is 18.7 Å². The summed E-state index contributed by atoms with van der Waals surface area (Å²) in [6.45, 7) is 3.21. The number of aromatic carboxylic acids is 1. The maximum atomic E-state index is 11.6. The van der Waals surface area contributed by atoms with Gasteiger partial charge in [-0.3, -0.25) is 0 Å². The molecule has 0 spiro atoms. The largest absolute Gasteiger partial charge is 0.478 e. The molecule has 0 aliphatic rings. The van der Waals surface area contributed by atoms with E-state index in [9.17, 15) is 9.90 Å². The van der Waals surface area contributed by atoms with E-state index in [-0.39, 0.29) is 5.56 Å². The summed E-state index contributed by atoms with van der Waals surface area (Å²) in [5.41, 5.74) is 7.46. The van der Waals surface area contributed by atoms with Crippen molar-refractivity contribution in [3.05, 3.63) is 72.3 Å². The minimum atomic E-state index is -1.06. The fraction of sp³-hybridized carbons (Fsp3) is 0.387. The summed E-state index contributed by atoms with van der Waals surface area (Å²) < 4.78 is 11.8. The van der Waals surface area contributed by atoms with E-state index in [0.29, 0.717) is 28.7 Å². The van der Waals surface area contributed by atoms with Crippen LogP contribution in [-0.2, 0) is 0 Å². The quantitative estimate of drug-likeness (QED) is 0.125. The summed E-state index contributed by atoms with van der Waals surface area (Å²) in [5.74, 6) is 0.871. The third-order valence-corrected chi connectivity index (χ3v) is 6.19. The van der Waals surface area contributed by atoms with Crippen molar-refractivity contribution in [3.8, 4) is 23.0 Å². The fourth-order valence-electron chi connectivity index (χ4n) is 4.11. The van der Waals surface area contributed by atoms with Gasteiger partial charge < -0.3 is 25.6 Å². The van der Waals surface area contributed by atoms with Crippen molar-refractivity contribution in [2.75, 3.05) is 17.6 Å². The molecule has 6 heteroatoms. The third-order valence-electron chi connectivity index (χ3n) is 6.19. The SMILES string of the molecule is CCCCCCCCCCCCNc1ccc(Oc2cc(Oc3ccc(N)cc3)cc(C(=O)O)c2)cc1. The Morgan fingerprint density at radius 1 is 0.703 bits per heavy atom. The number of carboxylic acids is 1. The number of anilines is 2. The summed E-state index contributed by atoms with van der Waals surface area (Å²) in [6, 6.07) is 19.2. The zero-order valence-corrected chi connectivity index (χ0v) is 21.9. The molecule has 0 heterocycles. The first-order valence-corrected chi connectivity index (χ1v) is 13.5. The molecule has 4 N–H and O–H groups in total. The standard InChI is InChI=1S/C31H40N2O4/c1-2-3-4-5-6-7-8-9-10-11-20-33-26-14-18-28(19-15-26)37-30-22-24(31(34)35)21-29(23-30)36-27-16-12-25(32)13-17-27/h12-19,21-23,33H,2-11,20,32H2,1H3,(H,34,35). The van der Waals surface area contributed by atoms with Gasteiger partial charge >= 0.3 is 5.97 Å². The molecule has 0 aromatic heterocycles. The molecule has 37 heavy (non-hydrogen) atoms. The maximum Gasteiger partial charge on any atom is 0.335 e. The number of benzene rings is 3. The molecule has 3 rings (SSSR count). The van der Waals surface area contributed by atoms with E-state index in [4.69, 9.17) is 15.2 Å². The molecule has 3 aromatic carbocycles. The van der Waals surface area contributed by atoms with Gasteiger partial charge in [0.1, 0.15) is 23.0 Å². The Kier molecular flexibility index (Phi) is 11.6. The molecular weight excluding hydrogens is 464 g/mol. The second kappa shape index (κ2) is 15.4. The van der Waals surface area contributed by atoms with E-state index in [1.54, 1.807) is 30.3 Å². The highest BCUT2D eigenvalue weighted by atomic mass is 16.5. The van der Waals surface area contributed by atoms with Gasteiger partial charge in [0.05, 0.1) is 5.56 Å². The van der Waals surface area contributed by atoms with Gasteiger partial charge in [-0.1, -0.05) is 64.7 Å². The second-order valence-corrected chi connectivity index (χ2v) is 9.40. The average Bonchev–Trinajstić information content (AvgIpc) is 2.89. The molecule has 0 aliphatic carbocycles. The van der Waals surface area contributed by atoms with Crippen LogP contribution >= 0.6 is 0 Å². The average molecular weight is 505 g/mol. The zero-order valence-electron chi connectivity index (χ0n) is 21.9. The molecule has 0 amide bonds. The van der Waals surface area contributed by atoms with E-state index >= 15 is 0 Å². The number of hydrogen-bond donors (Lipinski definition) is 3. The Morgan fingerprint density at radius 2 is 1.19 bits per heavy atom. The van der Waals surface area contributed by atoms with Crippen LogP contribution in [0.4, 0.5) is 11.4 Å². The number of hydrogen-bond acceptors (Lipinski definition) is 5. The second-order valence-electron chi connectivity index (χ2n) is 9.40. The first-order valence-electron chi connectivity index (χ1n) is 13.5. The monoisotopic (exact) mass is 504 g/mol. The van der Waals surface area contributed by atoms with Crippen LogP contribution in [0.15, 0.2) is 66.7 Å². The van der Waals surface area contributed by atoms with Crippen molar-refractivity contribution < 1.29 is 19.4 Å². The normalized spacial score (nSPS) is 10.7. The van der Waals surface area contributed by atoms with Gasteiger partial charge in [-0.2, -0.15) is 0 Å². The lowest BCUT2D eigenvalue weighted by Crippen LogP contribution is -2.01. The van der Waals surface area contributed by atoms with Crippen molar-refractivity contribution >= 4 is 17.3 Å². The summed E-state index contributed by atoms with van der Waals surface area (Å²) in [7, 11) is 0. The van der Waals surface area contributed by atoms with Gasteiger partial charge in [-0.25, -0.2) is 4.79 Å². The van der Waals surface area contributed by atoms with Gasteiger partial charge in [-0.05, 0) is 67.1 Å². The number of nitrogen functional groups attached to an aromatic ring is 1. The Balaban J connectivity index is 1.44. The topological polar surface area (TPSA) is 93.8 Å². The molecule has 3 aromatic rings. The van der Waals surface area contributed by atoms with E-state index in [1.165, 1.54) is 69.9 Å². The van der Waals surface area contributed by atoms with E-state index < -0.39 is 5.97 Å². The summed E-state index contributed by atoms with van der Waals surface area (Å²) in [4.78, 5) is 11.6. The molecular formula is C31H40N2O4. The van der Waals surface area contributed by atoms with Crippen LogP contribution in [0.2, 0.25) is 0 Å². The number of rotatable bonds is 17. The molecule has 0 radical (unpaired) electrons. The van der Waals surface area contributed by atoms with Gasteiger partial charge in [-0.15, -0.1) is 0 Å².